The number of aliphatic hydroxyl groups excluding tert-OH is 2. The molecule has 1 aromatic carbocycles. The highest BCUT2D eigenvalue weighted by Gasteiger charge is 2.64. The second kappa shape index (κ2) is 14.5. The van der Waals surface area contributed by atoms with Crippen LogP contribution in [0.15, 0.2) is 35.9 Å². The number of carbonyl (C=O) groups excluding carboxylic acids is 4. The largest absolute Gasteiger partial charge is 0.460 e. The van der Waals surface area contributed by atoms with Gasteiger partial charge in [0.2, 0.25) is 11.8 Å². The molecule has 12 nitrogen and oxygen atoms in total. The normalized spacial score (nSPS) is 25.4. The van der Waals surface area contributed by atoms with Gasteiger partial charge in [-0.2, -0.15) is 0 Å². The monoisotopic (exact) mass is 768 g/mol. The van der Waals surface area contributed by atoms with E-state index >= 15 is 0 Å². The van der Waals surface area contributed by atoms with Crippen molar-refractivity contribution in [1.82, 2.24) is 10.6 Å². The minimum Gasteiger partial charge on any atom is -0.460 e. The lowest BCUT2D eigenvalue weighted by atomic mass is 9.91. The van der Waals surface area contributed by atoms with Crippen molar-refractivity contribution >= 4 is 46.3 Å². The molecule has 2 saturated carbocycles. The van der Waals surface area contributed by atoms with Gasteiger partial charge in [0.1, 0.15) is 30.0 Å². The average molecular weight is 769 g/mol. The van der Waals surface area contributed by atoms with Crippen LogP contribution in [0.1, 0.15) is 83.0 Å². The number of carbonyl (C=O) groups is 4. The maximum absolute atomic E-state index is 13.7. The summed E-state index contributed by atoms with van der Waals surface area (Å²) < 4.78 is 25.4. The minimum atomic E-state index is -1.37. The Labute approximate surface area is 288 Å². The standard InChI is InChI=1S/C34H45IN2O10/c1-18(39)28(31(42)36-24(17-38)12-13-27(40)46-33(2,3)4)37-30(41)20-15-25(44-32(43)19-6-5-7-23(35)14-19)29-26(16-20)45-34(47-29,21-8-9-21)22-10-11-22/h5-7,14,16,18,21-22,24-26,28-29,38-39H,8-13,15,17H2,1-4H3,(H,36,42)(H,37,41)/t18-,24-,25+,26+,28+,29-/m0/s1. The number of fused-ring (bicyclic) bond motifs is 1. The summed E-state index contributed by atoms with van der Waals surface area (Å²) in [4.78, 5) is 52.3. The molecule has 3 aliphatic carbocycles. The van der Waals surface area contributed by atoms with Crippen molar-refractivity contribution in [3.63, 3.8) is 0 Å². The van der Waals surface area contributed by atoms with E-state index in [4.69, 9.17) is 18.9 Å². The molecule has 1 saturated heterocycles. The maximum atomic E-state index is 13.7. The van der Waals surface area contributed by atoms with E-state index in [1.54, 1.807) is 45.0 Å². The van der Waals surface area contributed by atoms with E-state index in [-0.39, 0.29) is 36.7 Å². The summed E-state index contributed by atoms with van der Waals surface area (Å²) in [5.74, 6) is -2.66. The van der Waals surface area contributed by atoms with Gasteiger partial charge in [-0.1, -0.05) is 6.07 Å². The van der Waals surface area contributed by atoms with Crippen molar-refractivity contribution in [3.05, 3.63) is 45.0 Å². The lowest BCUT2D eigenvalue weighted by Gasteiger charge is -2.31. The topological polar surface area (TPSA) is 170 Å². The van der Waals surface area contributed by atoms with Crippen molar-refractivity contribution in [2.24, 2.45) is 11.8 Å². The van der Waals surface area contributed by atoms with Crippen LogP contribution in [0, 0.1) is 15.4 Å². The second-order valence-corrected chi connectivity index (χ2v) is 15.2. The van der Waals surface area contributed by atoms with Gasteiger partial charge in [0.25, 0.3) is 0 Å². The molecule has 4 N–H and O–H groups in total. The fraction of sp³-hybridized carbons (Fsp3) is 0.647. The summed E-state index contributed by atoms with van der Waals surface area (Å²) in [6, 6.07) is 4.83. The highest BCUT2D eigenvalue weighted by molar-refractivity contribution is 14.1. The van der Waals surface area contributed by atoms with Crippen LogP contribution in [-0.2, 0) is 33.3 Å². The molecule has 5 rings (SSSR count). The van der Waals surface area contributed by atoms with E-state index in [0.717, 1.165) is 29.3 Å². The third-order valence-corrected chi connectivity index (χ3v) is 9.43. The Kier molecular flexibility index (Phi) is 11.0. The van der Waals surface area contributed by atoms with E-state index in [1.165, 1.54) is 6.92 Å². The van der Waals surface area contributed by atoms with Crippen LogP contribution >= 0.6 is 22.6 Å². The zero-order valence-electron chi connectivity index (χ0n) is 27.2. The van der Waals surface area contributed by atoms with Crippen molar-refractivity contribution in [2.75, 3.05) is 6.61 Å². The molecule has 47 heavy (non-hydrogen) atoms. The first kappa shape index (κ1) is 35.7. The smallest absolute Gasteiger partial charge is 0.338 e. The fourth-order valence-corrected chi connectivity index (χ4v) is 6.76. The summed E-state index contributed by atoms with van der Waals surface area (Å²) in [7, 11) is 0. The number of halogens is 1. The van der Waals surface area contributed by atoms with Gasteiger partial charge in [0.15, 0.2) is 5.79 Å². The molecule has 0 aromatic heterocycles. The first-order valence-corrected chi connectivity index (χ1v) is 17.4. The Morgan fingerprint density at radius 2 is 1.77 bits per heavy atom. The number of rotatable bonds is 13. The van der Waals surface area contributed by atoms with Crippen molar-refractivity contribution < 1.29 is 48.3 Å². The van der Waals surface area contributed by atoms with E-state index in [9.17, 15) is 29.4 Å². The number of amides is 2. The quantitative estimate of drug-likeness (QED) is 0.173. The molecule has 258 valence electrons. The predicted molar refractivity (Wildman–Crippen MR) is 177 cm³/mol. The van der Waals surface area contributed by atoms with Gasteiger partial charge in [-0.15, -0.1) is 0 Å². The van der Waals surface area contributed by atoms with E-state index in [1.807, 2.05) is 6.07 Å². The lowest BCUT2D eigenvalue weighted by molar-refractivity contribution is -0.209. The molecule has 1 aromatic rings. The zero-order valence-corrected chi connectivity index (χ0v) is 29.4. The van der Waals surface area contributed by atoms with Gasteiger partial charge in [0, 0.05) is 33.8 Å². The molecule has 0 spiro atoms. The molecule has 0 bridgehead atoms. The Bertz CT molecular complexity index is 1370. The molecule has 6 atom stereocenters. The molecule has 0 unspecified atom stereocenters. The van der Waals surface area contributed by atoms with E-state index in [2.05, 4.69) is 33.2 Å². The first-order chi connectivity index (χ1) is 22.2. The Morgan fingerprint density at radius 1 is 1.09 bits per heavy atom. The number of hydrogen-bond acceptors (Lipinski definition) is 10. The Morgan fingerprint density at radius 3 is 2.34 bits per heavy atom. The highest BCUT2D eigenvalue weighted by Crippen LogP contribution is 2.59. The number of benzene rings is 1. The third kappa shape index (κ3) is 8.91. The molecule has 3 fully saturated rings. The van der Waals surface area contributed by atoms with Gasteiger partial charge in [-0.05, 0) is 107 Å². The second-order valence-electron chi connectivity index (χ2n) is 14.0. The number of hydrogen-bond donors (Lipinski definition) is 4. The summed E-state index contributed by atoms with van der Waals surface area (Å²) in [6.45, 7) is 6.13. The third-order valence-electron chi connectivity index (χ3n) is 8.76. The molecule has 0 radical (unpaired) electrons. The molecule has 4 aliphatic rings. The predicted octanol–water partition coefficient (Wildman–Crippen LogP) is 2.91. The van der Waals surface area contributed by atoms with E-state index in [0.29, 0.717) is 5.56 Å². The molecular formula is C34H45IN2O10. The van der Waals surface area contributed by atoms with Crippen molar-refractivity contribution in [1.29, 1.82) is 0 Å². The van der Waals surface area contributed by atoms with Gasteiger partial charge >= 0.3 is 11.9 Å². The summed E-state index contributed by atoms with van der Waals surface area (Å²) in [6.07, 6.45) is 2.30. The van der Waals surface area contributed by atoms with E-state index < -0.39 is 78.2 Å². The van der Waals surface area contributed by atoms with Gasteiger partial charge in [0.05, 0.1) is 24.3 Å². The van der Waals surface area contributed by atoms with Gasteiger partial charge < -0.3 is 39.8 Å². The number of nitrogens with one attached hydrogen (secondary N) is 2. The Balaban J connectivity index is 1.29. The number of esters is 2. The molecule has 1 aliphatic heterocycles. The zero-order chi connectivity index (χ0) is 34.1. The molecule has 13 heteroatoms. The van der Waals surface area contributed by atoms with Crippen molar-refractivity contribution in [2.45, 2.75) is 121 Å². The SMILES string of the molecule is C[C@H](O)[C@@H](NC(=O)C1=C[C@H]2OC(C3CC3)(C3CC3)O[C@H]2[C@H](OC(=O)c2cccc(I)c2)C1)C(=O)N[C@H](CO)CCC(=O)OC(C)(C)C. The van der Waals surface area contributed by atoms with Crippen LogP contribution in [0.5, 0.6) is 0 Å². The average Bonchev–Trinajstić information content (AvgIpc) is 3.94. The van der Waals surface area contributed by atoms with Gasteiger partial charge in [-0.3, -0.25) is 14.4 Å². The molecule has 1 heterocycles. The minimum absolute atomic E-state index is 0.0146. The summed E-state index contributed by atoms with van der Waals surface area (Å²) >= 11 is 2.12. The lowest BCUT2D eigenvalue weighted by Crippen LogP contribution is -2.55. The van der Waals surface area contributed by atoms with Crippen LogP contribution < -0.4 is 10.6 Å². The van der Waals surface area contributed by atoms with Crippen LogP contribution in [0.2, 0.25) is 0 Å². The van der Waals surface area contributed by atoms with Crippen LogP contribution in [0.25, 0.3) is 0 Å². The summed E-state index contributed by atoms with van der Waals surface area (Å²) in [5, 5.41) is 25.6. The van der Waals surface area contributed by atoms with Crippen LogP contribution in [0.3, 0.4) is 0 Å². The van der Waals surface area contributed by atoms with Crippen LogP contribution in [-0.4, -0.2) is 88.5 Å². The number of aliphatic hydroxyl groups is 2. The summed E-state index contributed by atoms with van der Waals surface area (Å²) in [5.41, 5.74) is -0.0610. The Hall–Kier alpha value is -2.59. The van der Waals surface area contributed by atoms with Crippen molar-refractivity contribution in [3.8, 4) is 0 Å². The molecular weight excluding hydrogens is 723 g/mol. The highest BCUT2D eigenvalue weighted by atomic mass is 127. The maximum Gasteiger partial charge on any atom is 0.338 e. The molecule has 2 amide bonds. The fourth-order valence-electron chi connectivity index (χ4n) is 6.21. The van der Waals surface area contributed by atoms with Gasteiger partial charge in [-0.25, -0.2) is 4.79 Å². The first-order valence-electron chi connectivity index (χ1n) is 16.3. The number of ether oxygens (including phenoxy) is 4. The van der Waals surface area contributed by atoms with Crippen LogP contribution in [0.4, 0.5) is 0 Å².